The number of anilines is 1. The molecule has 0 bridgehead atoms. The average Bonchev–Trinajstić information content (AvgIpc) is 3.32. The molecule has 1 unspecified atom stereocenters. The molecule has 4 heterocycles. The Morgan fingerprint density at radius 1 is 1.12 bits per heavy atom. The Balaban J connectivity index is 1.38. The standard InChI is InChI=1S/C28H32Cl2FN7O3Si/c1-28(2,3)42(4,5)41-18-13-37(14-18)15-22(26(39)36-23-10-9-17(31)11-32-23)40-27-19-12-35-38(25(19)33-16-34-27)24-20(29)7-6-8-21(24)30/h6-12,16,18,22H,13-15H2,1-5H3,(H,32,36,39). The first-order chi connectivity index (χ1) is 19.8. The van der Waals surface area contributed by atoms with Crippen molar-refractivity contribution in [3.8, 4) is 11.6 Å². The number of para-hydroxylation sites is 1. The molecule has 1 aromatic carbocycles. The van der Waals surface area contributed by atoms with Crippen molar-refractivity contribution < 1.29 is 18.3 Å². The van der Waals surface area contributed by atoms with E-state index in [2.05, 4.69) is 64.1 Å². The number of rotatable bonds is 9. The first kappa shape index (κ1) is 30.3. The van der Waals surface area contributed by atoms with Crippen LogP contribution >= 0.6 is 23.2 Å². The third-order valence-electron chi connectivity index (χ3n) is 7.62. The van der Waals surface area contributed by atoms with Crippen LogP contribution in [0.2, 0.25) is 28.2 Å². The van der Waals surface area contributed by atoms with Gasteiger partial charge >= 0.3 is 0 Å². The smallest absolute Gasteiger partial charge is 0.268 e. The second-order valence-corrected chi connectivity index (χ2v) is 17.3. The van der Waals surface area contributed by atoms with E-state index in [0.29, 0.717) is 39.9 Å². The molecule has 0 spiro atoms. The van der Waals surface area contributed by atoms with Crippen molar-refractivity contribution in [3.05, 3.63) is 64.9 Å². The van der Waals surface area contributed by atoms with Crippen molar-refractivity contribution in [2.24, 2.45) is 0 Å². The van der Waals surface area contributed by atoms with Crippen molar-refractivity contribution >= 4 is 54.3 Å². The number of hydrogen-bond acceptors (Lipinski definition) is 8. The summed E-state index contributed by atoms with van der Waals surface area (Å²) in [6.07, 6.45) is 2.98. The number of nitrogens with zero attached hydrogens (tertiary/aromatic N) is 6. The largest absolute Gasteiger partial charge is 0.462 e. The lowest BCUT2D eigenvalue weighted by Gasteiger charge is -2.46. The van der Waals surface area contributed by atoms with Crippen molar-refractivity contribution in [2.45, 2.75) is 51.1 Å². The van der Waals surface area contributed by atoms with E-state index < -0.39 is 26.1 Å². The quantitative estimate of drug-likeness (QED) is 0.233. The molecule has 222 valence electrons. The monoisotopic (exact) mass is 631 g/mol. The second kappa shape index (κ2) is 11.8. The molecule has 1 atom stereocenters. The van der Waals surface area contributed by atoms with Gasteiger partial charge in [-0.25, -0.2) is 24.0 Å². The van der Waals surface area contributed by atoms with Gasteiger partial charge in [0.05, 0.1) is 28.5 Å². The SMILES string of the molecule is CC(C)(C)[Si](C)(C)OC1CN(CC(Oc2ncnc3c2cnn3-c2c(Cl)cccc2Cl)C(=O)Nc2ccc(F)cn2)C1. The van der Waals surface area contributed by atoms with Crippen molar-refractivity contribution in [3.63, 3.8) is 0 Å². The molecule has 1 N–H and O–H groups in total. The van der Waals surface area contributed by atoms with Gasteiger partial charge in [-0.1, -0.05) is 50.0 Å². The molecule has 5 rings (SSSR count). The van der Waals surface area contributed by atoms with Gasteiger partial charge in [-0.15, -0.1) is 0 Å². The summed E-state index contributed by atoms with van der Waals surface area (Å²) in [5.74, 6) is -0.604. The third kappa shape index (κ3) is 6.42. The highest BCUT2D eigenvalue weighted by Gasteiger charge is 2.42. The van der Waals surface area contributed by atoms with E-state index in [4.69, 9.17) is 32.4 Å². The molecule has 3 aromatic heterocycles. The Morgan fingerprint density at radius 3 is 2.48 bits per heavy atom. The van der Waals surface area contributed by atoms with Gasteiger partial charge in [0.15, 0.2) is 20.1 Å². The maximum Gasteiger partial charge on any atom is 0.268 e. The highest BCUT2D eigenvalue weighted by atomic mass is 35.5. The van der Waals surface area contributed by atoms with Crippen LogP contribution in [0.15, 0.2) is 49.1 Å². The van der Waals surface area contributed by atoms with Crippen LogP contribution in [0.1, 0.15) is 20.8 Å². The lowest BCUT2D eigenvalue weighted by molar-refractivity contribution is -0.125. The number of benzene rings is 1. The minimum absolute atomic E-state index is 0.0812. The average molecular weight is 633 g/mol. The highest BCUT2D eigenvalue weighted by molar-refractivity contribution is 6.74. The molecule has 42 heavy (non-hydrogen) atoms. The molecule has 1 amide bonds. The van der Waals surface area contributed by atoms with E-state index in [-0.39, 0.29) is 29.4 Å². The summed E-state index contributed by atoms with van der Waals surface area (Å²) < 4.78 is 27.6. The zero-order chi connectivity index (χ0) is 30.2. The summed E-state index contributed by atoms with van der Waals surface area (Å²) >= 11 is 12.8. The normalized spacial score (nSPS) is 15.4. The second-order valence-electron chi connectivity index (χ2n) is 11.7. The van der Waals surface area contributed by atoms with E-state index in [9.17, 15) is 9.18 Å². The van der Waals surface area contributed by atoms with Crippen molar-refractivity contribution in [2.75, 3.05) is 25.0 Å². The maximum absolute atomic E-state index is 13.5. The van der Waals surface area contributed by atoms with Crippen LogP contribution in [0.5, 0.6) is 5.88 Å². The van der Waals surface area contributed by atoms with E-state index >= 15 is 0 Å². The molecular weight excluding hydrogens is 600 g/mol. The number of carbonyl (C=O) groups is 1. The van der Waals surface area contributed by atoms with Gasteiger partial charge in [-0.3, -0.25) is 9.69 Å². The van der Waals surface area contributed by atoms with Gasteiger partial charge < -0.3 is 14.5 Å². The summed E-state index contributed by atoms with van der Waals surface area (Å²) in [6.45, 7) is 12.7. The maximum atomic E-state index is 13.5. The zero-order valence-electron chi connectivity index (χ0n) is 23.9. The summed E-state index contributed by atoms with van der Waals surface area (Å²) in [5, 5.41) is 8.49. The minimum Gasteiger partial charge on any atom is -0.462 e. The summed E-state index contributed by atoms with van der Waals surface area (Å²) in [7, 11) is -1.93. The first-order valence-corrected chi connectivity index (χ1v) is 17.1. The molecule has 0 saturated carbocycles. The predicted molar refractivity (Wildman–Crippen MR) is 162 cm³/mol. The van der Waals surface area contributed by atoms with Crippen molar-refractivity contribution in [1.82, 2.24) is 29.6 Å². The minimum atomic E-state index is -1.93. The molecule has 0 aliphatic carbocycles. The Morgan fingerprint density at radius 2 is 1.83 bits per heavy atom. The zero-order valence-corrected chi connectivity index (χ0v) is 26.4. The number of amides is 1. The van der Waals surface area contributed by atoms with Crippen LogP contribution in [-0.4, -0.2) is 75.7 Å². The molecule has 10 nitrogen and oxygen atoms in total. The summed E-state index contributed by atoms with van der Waals surface area (Å²) in [6, 6.07) is 7.75. The highest BCUT2D eigenvalue weighted by Crippen LogP contribution is 2.38. The number of nitrogens with one attached hydrogen (secondary N) is 1. The Kier molecular flexibility index (Phi) is 8.55. The van der Waals surface area contributed by atoms with Crippen LogP contribution < -0.4 is 10.1 Å². The molecular formula is C28H32Cl2FN7O3Si. The first-order valence-electron chi connectivity index (χ1n) is 13.4. The number of pyridine rings is 1. The van der Waals surface area contributed by atoms with Gasteiger partial charge in [0.1, 0.15) is 29.0 Å². The van der Waals surface area contributed by atoms with E-state index in [1.807, 2.05) is 0 Å². The van der Waals surface area contributed by atoms with E-state index in [1.54, 1.807) is 18.2 Å². The van der Waals surface area contributed by atoms with Gasteiger partial charge in [-0.05, 0) is 42.4 Å². The van der Waals surface area contributed by atoms with Gasteiger partial charge in [-0.2, -0.15) is 5.10 Å². The fourth-order valence-corrected chi connectivity index (χ4v) is 6.20. The lowest BCUT2D eigenvalue weighted by atomic mass is 10.1. The molecule has 4 aromatic rings. The number of likely N-dealkylation sites (tertiary alicyclic amines) is 1. The number of aromatic nitrogens is 5. The van der Waals surface area contributed by atoms with Gasteiger partial charge in [0.2, 0.25) is 5.88 Å². The van der Waals surface area contributed by atoms with Crippen LogP contribution in [0.4, 0.5) is 10.2 Å². The lowest BCUT2D eigenvalue weighted by Crippen LogP contribution is -2.60. The summed E-state index contributed by atoms with van der Waals surface area (Å²) in [5.41, 5.74) is 0.867. The van der Waals surface area contributed by atoms with Crippen LogP contribution in [-0.2, 0) is 9.22 Å². The number of ether oxygens (including phenoxy) is 1. The van der Waals surface area contributed by atoms with E-state index in [0.717, 1.165) is 6.20 Å². The van der Waals surface area contributed by atoms with Crippen molar-refractivity contribution in [1.29, 1.82) is 0 Å². The molecule has 0 radical (unpaired) electrons. The van der Waals surface area contributed by atoms with Gasteiger partial charge in [0.25, 0.3) is 5.91 Å². The molecule has 1 aliphatic rings. The predicted octanol–water partition coefficient (Wildman–Crippen LogP) is 5.75. The number of halogens is 3. The molecule has 1 aliphatic heterocycles. The summed E-state index contributed by atoms with van der Waals surface area (Å²) in [4.78, 5) is 28.2. The number of fused-ring (bicyclic) bond motifs is 1. The third-order valence-corrected chi connectivity index (χ3v) is 12.8. The topological polar surface area (TPSA) is 107 Å². The Hall–Kier alpha value is -3.16. The number of hydrogen-bond donors (Lipinski definition) is 1. The Bertz CT molecular complexity index is 1570. The number of carbonyl (C=O) groups excluding carboxylic acids is 1. The fraction of sp³-hybridized carbons (Fsp3) is 0.393. The fourth-order valence-electron chi connectivity index (χ4n) is 4.31. The van der Waals surface area contributed by atoms with E-state index in [1.165, 1.54) is 29.3 Å². The van der Waals surface area contributed by atoms with Crippen LogP contribution in [0.25, 0.3) is 16.7 Å². The molecule has 14 heteroatoms. The van der Waals surface area contributed by atoms with Crippen LogP contribution in [0.3, 0.4) is 0 Å². The molecule has 1 fully saturated rings. The molecule has 1 saturated heterocycles. The van der Waals surface area contributed by atoms with Crippen LogP contribution in [0, 0.1) is 5.82 Å². The Labute approximate surface area is 254 Å². The van der Waals surface area contributed by atoms with Gasteiger partial charge in [0, 0.05) is 19.6 Å².